The maximum Gasteiger partial charge on any atom is 0.191 e. The average Bonchev–Trinajstić information content (AvgIpc) is 3.26. The Morgan fingerprint density at radius 3 is 2.57 bits per heavy atom. The minimum Gasteiger partial charge on any atom is -0.446 e. The van der Waals surface area contributed by atoms with Crippen LogP contribution in [0.15, 0.2) is 10.6 Å². The fourth-order valence-electron chi connectivity index (χ4n) is 7.68. The molecule has 30 heavy (non-hydrogen) atoms. The van der Waals surface area contributed by atoms with Crippen molar-refractivity contribution in [1.29, 1.82) is 5.41 Å². The zero-order valence-electron chi connectivity index (χ0n) is 19.0. The summed E-state index contributed by atoms with van der Waals surface area (Å²) >= 11 is 0. The summed E-state index contributed by atoms with van der Waals surface area (Å²) in [4.78, 5) is 3.86. The standard InChI is InChI=1S/C19H31NO.C6H9NO2/c1-18-9-7-13(20)11-12(18)3-4-14-15-5-6-17(21)19(15,2)10-8-16(14)18;1-5-7-4-6(9-5)2-3-8/h12,14-17,20-21H,3-11H2,1-2H3;4,8H,2-3H2,1H3/t12?,14?,15?,16?,17-,18-,19-;/m0./s1. The van der Waals surface area contributed by atoms with Crippen LogP contribution in [0.5, 0.6) is 0 Å². The largest absolute Gasteiger partial charge is 0.446 e. The van der Waals surface area contributed by atoms with Crippen LogP contribution in [0.1, 0.15) is 83.3 Å². The number of hydrogen-bond acceptors (Lipinski definition) is 5. The highest BCUT2D eigenvalue weighted by Crippen LogP contribution is 2.65. The van der Waals surface area contributed by atoms with Crippen LogP contribution >= 0.6 is 0 Å². The lowest BCUT2D eigenvalue weighted by Crippen LogP contribution is -2.54. The second-order valence-corrected chi connectivity index (χ2v) is 10.9. The van der Waals surface area contributed by atoms with Crippen LogP contribution in [0.2, 0.25) is 0 Å². The van der Waals surface area contributed by atoms with E-state index in [4.69, 9.17) is 14.9 Å². The van der Waals surface area contributed by atoms with E-state index >= 15 is 0 Å². The van der Waals surface area contributed by atoms with Gasteiger partial charge in [0.1, 0.15) is 5.76 Å². The molecule has 0 spiro atoms. The van der Waals surface area contributed by atoms with E-state index in [0.29, 0.717) is 17.7 Å². The third-order valence-corrected chi connectivity index (χ3v) is 9.50. The van der Waals surface area contributed by atoms with Crippen LogP contribution in [0.4, 0.5) is 0 Å². The van der Waals surface area contributed by atoms with E-state index in [1.165, 1.54) is 38.5 Å². The van der Waals surface area contributed by atoms with E-state index in [1.54, 1.807) is 13.1 Å². The SMILES string of the molecule is C[C@]12CCC(=N)CC1CCC1C2CC[C@@]2(C)C1CC[C@@H]2O.Cc1ncc(CCO)o1. The topological polar surface area (TPSA) is 90.3 Å². The van der Waals surface area contributed by atoms with E-state index in [2.05, 4.69) is 18.8 Å². The van der Waals surface area contributed by atoms with Crippen LogP contribution in [-0.4, -0.2) is 33.6 Å². The molecule has 4 aliphatic carbocycles. The number of hydrogen-bond donors (Lipinski definition) is 3. The smallest absolute Gasteiger partial charge is 0.191 e. The average molecular weight is 417 g/mol. The molecular weight excluding hydrogens is 376 g/mol. The molecule has 5 rings (SSSR count). The van der Waals surface area contributed by atoms with E-state index < -0.39 is 0 Å². The number of aromatic nitrogens is 1. The first-order valence-corrected chi connectivity index (χ1v) is 12.0. The molecule has 0 saturated heterocycles. The summed E-state index contributed by atoms with van der Waals surface area (Å²) in [5.74, 6) is 4.66. The quantitative estimate of drug-likeness (QED) is 0.638. The van der Waals surface area contributed by atoms with Crippen molar-refractivity contribution in [2.24, 2.45) is 34.5 Å². The molecule has 4 unspecified atom stereocenters. The van der Waals surface area contributed by atoms with Crippen LogP contribution in [0.3, 0.4) is 0 Å². The van der Waals surface area contributed by atoms with E-state index in [9.17, 15) is 5.11 Å². The summed E-state index contributed by atoms with van der Waals surface area (Å²) in [7, 11) is 0. The van der Waals surface area contributed by atoms with E-state index in [0.717, 1.165) is 54.4 Å². The second kappa shape index (κ2) is 8.38. The zero-order chi connectivity index (χ0) is 21.5. The fraction of sp³-hybridized carbons (Fsp3) is 0.840. The van der Waals surface area contributed by atoms with Gasteiger partial charge in [-0.05, 0) is 92.3 Å². The summed E-state index contributed by atoms with van der Waals surface area (Å²) in [6.07, 6.45) is 13.1. The summed E-state index contributed by atoms with van der Waals surface area (Å²) in [6, 6.07) is 0. The maximum absolute atomic E-state index is 10.5. The van der Waals surface area contributed by atoms with Crippen molar-refractivity contribution in [2.45, 2.75) is 91.1 Å². The molecule has 3 N–H and O–H groups in total. The minimum atomic E-state index is -0.0477. The van der Waals surface area contributed by atoms with Gasteiger partial charge in [-0.1, -0.05) is 13.8 Å². The molecule has 0 bridgehead atoms. The predicted molar refractivity (Wildman–Crippen MR) is 117 cm³/mol. The van der Waals surface area contributed by atoms with Crippen LogP contribution in [0.25, 0.3) is 0 Å². The van der Waals surface area contributed by atoms with Gasteiger partial charge in [0.15, 0.2) is 5.89 Å². The predicted octanol–water partition coefficient (Wildman–Crippen LogP) is 4.93. The number of rotatable bonds is 2. The molecule has 0 radical (unpaired) electrons. The van der Waals surface area contributed by atoms with Crippen molar-refractivity contribution in [3.8, 4) is 0 Å². The molecule has 5 nitrogen and oxygen atoms in total. The van der Waals surface area contributed by atoms with Crippen LogP contribution in [-0.2, 0) is 6.42 Å². The van der Waals surface area contributed by atoms with Crippen molar-refractivity contribution >= 4 is 5.71 Å². The Bertz CT molecular complexity index is 761. The van der Waals surface area contributed by atoms with Crippen LogP contribution < -0.4 is 0 Å². The van der Waals surface area contributed by atoms with Gasteiger partial charge in [-0.25, -0.2) is 4.98 Å². The molecule has 0 amide bonds. The molecule has 168 valence electrons. The van der Waals surface area contributed by atoms with Crippen molar-refractivity contribution in [1.82, 2.24) is 4.98 Å². The second-order valence-electron chi connectivity index (χ2n) is 10.9. The highest BCUT2D eigenvalue weighted by atomic mass is 16.4. The minimum absolute atomic E-state index is 0.0477. The lowest BCUT2D eigenvalue weighted by molar-refractivity contribution is -0.112. The number of fused-ring (bicyclic) bond motifs is 5. The molecular formula is C25H40N2O3. The van der Waals surface area contributed by atoms with Gasteiger partial charge in [0.05, 0.1) is 18.9 Å². The van der Waals surface area contributed by atoms with Crippen molar-refractivity contribution in [3.05, 3.63) is 17.8 Å². The normalized spacial score (nSPS) is 42.6. The lowest BCUT2D eigenvalue weighted by Gasteiger charge is -2.60. The third-order valence-electron chi connectivity index (χ3n) is 9.50. The molecule has 0 aromatic carbocycles. The molecule has 5 heteroatoms. The highest BCUT2D eigenvalue weighted by molar-refractivity contribution is 5.82. The number of nitrogens with zero attached hydrogens (tertiary/aromatic N) is 1. The zero-order valence-corrected chi connectivity index (χ0v) is 19.0. The summed E-state index contributed by atoms with van der Waals surface area (Å²) in [5.41, 5.74) is 1.71. The van der Waals surface area contributed by atoms with Gasteiger partial charge < -0.3 is 20.0 Å². The van der Waals surface area contributed by atoms with Gasteiger partial charge in [0, 0.05) is 19.1 Å². The molecule has 4 saturated carbocycles. The van der Waals surface area contributed by atoms with Gasteiger partial charge in [0.2, 0.25) is 0 Å². The van der Waals surface area contributed by atoms with Gasteiger partial charge in [-0.3, -0.25) is 0 Å². The van der Waals surface area contributed by atoms with Crippen molar-refractivity contribution in [2.75, 3.05) is 6.61 Å². The molecule has 1 aromatic heterocycles. The maximum atomic E-state index is 10.5. The summed E-state index contributed by atoms with van der Waals surface area (Å²) < 4.78 is 5.05. The van der Waals surface area contributed by atoms with E-state index in [1.807, 2.05) is 0 Å². The Hall–Kier alpha value is -1.20. The Morgan fingerprint density at radius 1 is 1.10 bits per heavy atom. The Kier molecular flexibility index (Phi) is 6.15. The molecule has 4 fully saturated rings. The van der Waals surface area contributed by atoms with Crippen molar-refractivity contribution in [3.63, 3.8) is 0 Å². The molecule has 4 aliphatic rings. The number of aliphatic hydroxyl groups is 2. The van der Waals surface area contributed by atoms with Crippen LogP contribution in [0, 0.1) is 46.8 Å². The Labute approximate surface area is 181 Å². The first kappa shape index (κ1) is 22.0. The summed E-state index contributed by atoms with van der Waals surface area (Å²) in [5, 5.41) is 27.0. The highest BCUT2D eigenvalue weighted by Gasteiger charge is 2.59. The number of aliphatic hydroxyl groups excluding tert-OH is 2. The van der Waals surface area contributed by atoms with Gasteiger partial charge >= 0.3 is 0 Å². The van der Waals surface area contributed by atoms with Gasteiger partial charge in [-0.2, -0.15) is 0 Å². The molecule has 1 heterocycles. The molecule has 7 atom stereocenters. The van der Waals surface area contributed by atoms with Gasteiger partial charge in [0.25, 0.3) is 0 Å². The van der Waals surface area contributed by atoms with Gasteiger partial charge in [-0.15, -0.1) is 0 Å². The first-order chi connectivity index (χ1) is 14.3. The summed E-state index contributed by atoms with van der Waals surface area (Å²) in [6.45, 7) is 6.82. The number of aryl methyl sites for hydroxylation is 1. The lowest BCUT2D eigenvalue weighted by atomic mass is 9.45. The number of nitrogens with one attached hydrogen (secondary N) is 1. The third kappa shape index (κ3) is 3.77. The Morgan fingerprint density at radius 2 is 1.87 bits per heavy atom. The van der Waals surface area contributed by atoms with Crippen molar-refractivity contribution < 1.29 is 14.6 Å². The van der Waals surface area contributed by atoms with E-state index in [-0.39, 0.29) is 18.1 Å². The first-order valence-electron chi connectivity index (χ1n) is 12.0. The monoisotopic (exact) mass is 416 g/mol. The molecule has 0 aliphatic heterocycles. The number of oxazole rings is 1. The Balaban J connectivity index is 0.000000204. The fourth-order valence-corrected chi connectivity index (χ4v) is 7.68. The molecule has 1 aromatic rings.